The van der Waals surface area contributed by atoms with E-state index >= 15 is 0 Å². The number of nitrogens with zero attached hydrogens (tertiary/aromatic N) is 2. The van der Waals surface area contributed by atoms with Crippen molar-refractivity contribution in [1.82, 2.24) is 9.88 Å². The van der Waals surface area contributed by atoms with Crippen LogP contribution in [0.5, 0.6) is 11.5 Å². The molecule has 2 aliphatic rings. The molecule has 3 heterocycles. The van der Waals surface area contributed by atoms with E-state index in [1.807, 2.05) is 24.3 Å². The van der Waals surface area contributed by atoms with Gasteiger partial charge in [0.15, 0.2) is 11.5 Å². The lowest BCUT2D eigenvalue weighted by atomic mass is 9.97. The van der Waals surface area contributed by atoms with E-state index in [4.69, 9.17) is 9.47 Å². The molecule has 0 unspecified atom stereocenters. The second kappa shape index (κ2) is 7.56. The van der Waals surface area contributed by atoms with Crippen molar-refractivity contribution in [2.24, 2.45) is 0 Å². The van der Waals surface area contributed by atoms with Gasteiger partial charge in [-0.1, -0.05) is 24.3 Å². The summed E-state index contributed by atoms with van der Waals surface area (Å²) in [7, 11) is 0. The van der Waals surface area contributed by atoms with Crippen molar-refractivity contribution < 1.29 is 14.3 Å². The summed E-state index contributed by atoms with van der Waals surface area (Å²) in [4.78, 5) is 18.9. The number of para-hydroxylation sites is 1. The fourth-order valence-corrected chi connectivity index (χ4v) is 3.97. The second-order valence-corrected chi connectivity index (χ2v) is 7.24. The number of fused-ring (bicyclic) bond motifs is 2. The van der Waals surface area contributed by atoms with Crippen molar-refractivity contribution >= 4 is 11.6 Å². The third-order valence-electron chi connectivity index (χ3n) is 5.41. The Labute approximate surface area is 169 Å². The van der Waals surface area contributed by atoms with Crippen molar-refractivity contribution in [3.63, 3.8) is 0 Å². The maximum Gasteiger partial charge on any atom is 0.255 e. The number of pyridine rings is 1. The summed E-state index contributed by atoms with van der Waals surface area (Å²) < 4.78 is 11.1. The van der Waals surface area contributed by atoms with Gasteiger partial charge in [-0.2, -0.15) is 0 Å². The lowest BCUT2D eigenvalue weighted by Crippen LogP contribution is -2.31. The Morgan fingerprint density at radius 2 is 1.93 bits per heavy atom. The average molecular weight is 387 g/mol. The first-order valence-electron chi connectivity index (χ1n) is 9.70. The van der Waals surface area contributed by atoms with Gasteiger partial charge in [-0.05, 0) is 41.8 Å². The highest BCUT2D eigenvalue weighted by Gasteiger charge is 2.23. The molecular weight excluding hydrogens is 366 g/mol. The predicted molar refractivity (Wildman–Crippen MR) is 109 cm³/mol. The van der Waals surface area contributed by atoms with E-state index in [0.29, 0.717) is 5.56 Å². The van der Waals surface area contributed by atoms with Crippen LogP contribution < -0.4 is 14.8 Å². The van der Waals surface area contributed by atoms with Gasteiger partial charge in [0, 0.05) is 48.8 Å². The molecule has 0 saturated heterocycles. The molecule has 0 saturated carbocycles. The molecule has 0 spiro atoms. The van der Waals surface area contributed by atoms with E-state index < -0.39 is 0 Å². The molecule has 5 rings (SSSR count). The number of amides is 1. The number of carbonyl (C=O) groups excluding carboxylic acids is 1. The number of nitrogens with one attached hydrogen (secondary N) is 1. The third-order valence-corrected chi connectivity index (χ3v) is 5.41. The molecule has 1 amide bonds. The summed E-state index contributed by atoms with van der Waals surface area (Å²) in [5, 5.41) is 3.06. The van der Waals surface area contributed by atoms with E-state index in [2.05, 4.69) is 27.3 Å². The lowest BCUT2D eigenvalue weighted by Gasteiger charge is -2.30. The summed E-state index contributed by atoms with van der Waals surface area (Å²) in [6.45, 7) is 2.84. The highest BCUT2D eigenvalue weighted by atomic mass is 16.7. The molecule has 0 bridgehead atoms. The monoisotopic (exact) mass is 387 g/mol. The van der Waals surface area contributed by atoms with Gasteiger partial charge in [-0.15, -0.1) is 0 Å². The molecule has 2 aromatic carbocycles. The first-order chi connectivity index (χ1) is 14.3. The van der Waals surface area contributed by atoms with Crippen LogP contribution >= 0.6 is 0 Å². The number of anilines is 1. The SMILES string of the molecule is O=C(Nc1cccc2c1CCN(Cc1cccc3c1OCO3)C2)c1ccncc1. The molecule has 1 N–H and O–H groups in total. The Balaban J connectivity index is 1.32. The van der Waals surface area contributed by atoms with Gasteiger partial charge in [0.2, 0.25) is 6.79 Å². The van der Waals surface area contributed by atoms with Gasteiger partial charge in [-0.3, -0.25) is 14.7 Å². The van der Waals surface area contributed by atoms with Gasteiger partial charge in [0.05, 0.1) is 0 Å². The minimum absolute atomic E-state index is 0.111. The molecule has 0 radical (unpaired) electrons. The van der Waals surface area contributed by atoms with Crippen molar-refractivity contribution in [2.75, 3.05) is 18.7 Å². The molecule has 0 fully saturated rings. The zero-order valence-electron chi connectivity index (χ0n) is 15.9. The predicted octanol–water partition coefficient (Wildman–Crippen LogP) is 3.62. The largest absolute Gasteiger partial charge is 0.454 e. The van der Waals surface area contributed by atoms with Crippen LogP contribution in [0.3, 0.4) is 0 Å². The Kier molecular flexibility index (Phi) is 4.62. The number of hydrogen-bond acceptors (Lipinski definition) is 5. The third kappa shape index (κ3) is 3.54. The average Bonchev–Trinajstić information content (AvgIpc) is 3.24. The summed E-state index contributed by atoms with van der Waals surface area (Å²) in [6.07, 6.45) is 4.14. The number of benzene rings is 2. The summed E-state index contributed by atoms with van der Waals surface area (Å²) >= 11 is 0. The van der Waals surface area contributed by atoms with Crippen LogP contribution in [0, 0.1) is 0 Å². The molecule has 29 heavy (non-hydrogen) atoms. The van der Waals surface area contributed by atoms with Crippen LogP contribution in [-0.4, -0.2) is 29.1 Å². The number of hydrogen-bond donors (Lipinski definition) is 1. The first-order valence-corrected chi connectivity index (χ1v) is 9.70. The Bertz CT molecular complexity index is 1050. The Hall–Kier alpha value is -3.38. The van der Waals surface area contributed by atoms with Crippen molar-refractivity contribution in [3.8, 4) is 11.5 Å². The second-order valence-electron chi connectivity index (χ2n) is 7.24. The van der Waals surface area contributed by atoms with Gasteiger partial charge in [-0.25, -0.2) is 0 Å². The van der Waals surface area contributed by atoms with Crippen molar-refractivity contribution in [1.29, 1.82) is 0 Å². The number of ether oxygens (including phenoxy) is 2. The van der Waals surface area contributed by atoms with Gasteiger partial charge < -0.3 is 14.8 Å². The molecule has 6 nitrogen and oxygen atoms in total. The minimum atomic E-state index is -0.111. The maximum atomic E-state index is 12.5. The summed E-state index contributed by atoms with van der Waals surface area (Å²) in [5.74, 6) is 1.57. The van der Waals surface area contributed by atoms with Crippen LogP contribution in [0.2, 0.25) is 0 Å². The van der Waals surface area contributed by atoms with E-state index in [0.717, 1.165) is 48.8 Å². The van der Waals surface area contributed by atoms with E-state index in [1.54, 1.807) is 24.5 Å². The van der Waals surface area contributed by atoms with Crippen LogP contribution in [0.15, 0.2) is 60.9 Å². The van der Waals surface area contributed by atoms with Gasteiger partial charge >= 0.3 is 0 Å². The molecule has 0 aliphatic carbocycles. The standard InChI is InChI=1S/C23H21N3O3/c27-23(16-7-10-24-11-8-16)25-20-5-1-3-17-13-26(12-9-19(17)20)14-18-4-2-6-21-22(18)29-15-28-21/h1-8,10-11H,9,12-15H2,(H,25,27). The van der Waals surface area contributed by atoms with Crippen molar-refractivity contribution in [3.05, 3.63) is 83.2 Å². The number of aromatic nitrogens is 1. The van der Waals surface area contributed by atoms with Crippen LogP contribution in [0.4, 0.5) is 5.69 Å². The van der Waals surface area contributed by atoms with Crippen LogP contribution in [-0.2, 0) is 19.5 Å². The van der Waals surface area contributed by atoms with E-state index in [1.165, 1.54) is 11.1 Å². The summed E-state index contributed by atoms with van der Waals surface area (Å²) in [5.41, 5.74) is 5.10. The van der Waals surface area contributed by atoms with E-state index in [9.17, 15) is 4.79 Å². The van der Waals surface area contributed by atoms with Gasteiger partial charge in [0.1, 0.15) is 0 Å². The first kappa shape index (κ1) is 17.7. The highest BCUT2D eigenvalue weighted by molar-refractivity contribution is 6.04. The molecule has 2 aliphatic heterocycles. The zero-order valence-corrected chi connectivity index (χ0v) is 15.9. The minimum Gasteiger partial charge on any atom is -0.454 e. The number of carbonyl (C=O) groups is 1. The molecule has 3 aromatic rings. The molecule has 1 aromatic heterocycles. The quantitative estimate of drug-likeness (QED) is 0.741. The molecule has 6 heteroatoms. The molecule has 146 valence electrons. The van der Waals surface area contributed by atoms with Gasteiger partial charge in [0.25, 0.3) is 5.91 Å². The number of rotatable bonds is 4. The van der Waals surface area contributed by atoms with Crippen LogP contribution in [0.25, 0.3) is 0 Å². The lowest BCUT2D eigenvalue weighted by molar-refractivity contribution is 0.102. The van der Waals surface area contributed by atoms with Crippen LogP contribution in [0.1, 0.15) is 27.0 Å². The molecule has 0 atom stereocenters. The van der Waals surface area contributed by atoms with E-state index in [-0.39, 0.29) is 12.7 Å². The molecular formula is C23H21N3O3. The summed E-state index contributed by atoms with van der Waals surface area (Å²) in [6, 6.07) is 15.6. The van der Waals surface area contributed by atoms with Crippen molar-refractivity contribution in [2.45, 2.75) is 19.5 Å². The topological polar surface area (TPSA) is 63.7 Å². The highest BCUT2D eigenvalue weighted by Crippen LogP contribution is 2.37. The smallest absolute Gasteiger partial charge is 0.255 e. The normalized spacial score (nSPS) is 15.0. The fourth-order valence-electron chi connectivity index (χ4n) is 3.97. The maximum absolute atomic E-state index is 12.5. The Morgan fingerprint density at radius 3 is 2.83 bits per heavy atom. The zero-order chi connectivity index (χ0) is 19.6. The Morgan fingerprint density at radius 1 is 1.07 bits per heavy atom. The fraction of sp³-hybridized carbons (Fsp3) is 0.217.